The van der Waals surface area contributed by atoms with Crippen LogP contribution in [-0.2, 0) is 16.6 Å². The number of carbonyl (C=O) groups excluding carboxylic acids is 1. The third-order valence-electron chi connectivity index (χ3n) is 3.70. The Bertz CT molecular complexity index is 864. The first-order valence-corrected chi connectivity index (χ1v) is 9.72. The van der Waals surface area contributed by atoms with E-state index in [1.807, 2.05) is 30.3 Å². The number of nitrogens with zero attached hydrogens (tertiary/aromatic N) is 1. The van der Waals surface area contributed by atoms with E-state index in [1.165, 1.54) is 19.2 Å². The average molecular weight is 376 g/mol. The Kier molecular flexibility index (Phi) is 6.39. The highest BCUT2D eigenvalue weighted by molar-refractivity contribution is 7.89. The zero-order valence-electron chi connectivity index (χ0n) is 15.4. The lowest BCUT2D eigenvalue weighted by molar-refractivity contribution is 0.0785. The largest absolute Gasteiger partial charge is 0.495 e. The van der Waals surface area contributed by atoms with Gasteiger partial charge >= 0.3 is 0 Å². The van der Waals surface area contributed by atoms with Crippen LogP contribution < -0.4 is 9.46 Å². The van der Waals surface area contributed by atoms with Gasteiger partial charge in [-0.1, -0.05) is 30.3 Å². The molecule has 2 aromatic carbocycles. The lowest BCUT2D eigenvalue weighted by Crippen LogP contribution is -2.31. The molecule has 0 saturated carbocycles. The minimum Gasteiger partial charge on any atom is -0.495 e. The van der Waals surface area contributed by atoms with E-state index in [2.05, 4.69) is 4.72 Å². The number of hydrogen-bond acceptors (Lipinski definition) is 4. The van der Waals surface area contributed by atoms with Crippen molar-refractivity contribution < 1.29 is 17.9 Å². The van der Waals surface area contributed by atoms with Crippen LogP contribution in [-0.4, -0.2) is 39.4 Å². The Balaban J connectivity index is 2.32. The molecule has 26 heavy (non-hydrogen) atoms. The fourth-order valence-electron chi connectivity index (χ4n) is 2.54. The predicted octanol–water partition coefficient (Wildman–Crippen LogP) is 2.65. The maximum atomic E-state index is 12.7. The number of hydrogen-bond donors (Lipinski definition) is 1. The van der Waals surface area contributed by atoms with Gasteiger partial charge in [0.1, 0.15) is 10.6 Å². The van der Waals surface area contributed by atoms with Crippen molar-refractivity contribution >= 4 is 15.9 Å². The molecule has 0 atom stereocenters. The summed E-state index contributed by atoms with van der Waals surface area (Å²) in [6.45, 7) is 3.89. The lowest BCUT2D eigenvalue weighted by Gasteiger charge is -2.19. The van der Waals surface area contributed by atoms with Crippen molar-refractivity contribution in [3.8, 4) is 5.75 Å². The van der Waals surface area contributed by atoms with Crippen molar-refractivity contribution in [1.29, 1.82) is 0 Å². The van der Waals surface area contributed by atoms with Crippen molar-refractivity contribution in [2.45, 2.75) is 31.3 Å². The van der Waals surface area contributed by atoms with E-state index >= 15 is 0 Å². The van der Waals surface area contributed by atoms with Crippen LogP contribution in [0.4, 0.5) is 0 Å². The first-order valence-electron chi connectivity index (χ1n) is 8.24. The maximum absolute atomic E-state index is 12.7. The van der Waals surface area contributed by atoms with E-state index in [0.717, 1.165) is 5.56 Å². The van der Waals surface area contributed by atoms with Crippen LogP contribution in [0.5, 0.6) is 5.75 Å². The highest BCUT2D eigenvalue weighted by atomic mass is 32.2. The first-order chi connectivity index (χ1) is 12.2. The number of ether oxygens (including phenoxy) is 1. The van der Waals surface area contributed by atoms with E-state index in [1.54, 1.807) is 31.9 Å². The van der Waals surface area contributed by atoms with E-state index in [9.17, 15) is 13.2 Å². The number of carbonyl (C=O) groups is 1. The van der Waals surface area contributed by atoms with Crippen LogP contribution in [0, 0.1) is 0 Å². The molecule has 0 spiro atoms. The predicted molar refractivity (Wildman–Crippen MR) is 101 cm³/mol. The molecule has 0 aliphatic carbocycles. The van der Waals surface area contributed by atoms with Crippen molar-refractivity contribution in [3.63, 3.8) is 0 Å². The Morgan fingerprint density at radius 3 is 2.38 bits per heavy atom. The van der Waals surface area contributed by atoms with Crippen LogP contribution in [0.3, 0.4) is 0 Å². The van der Waals surface area contributed by atoms with Crippen molar-refractivity contribution in [2.24, 2.45) is 0 Å². The van der Waals surface area contributed by atoms with Gasteiger partial charge < -0.3 is 9.64 Å². The third kappa shape index (κ3) is 4.83. The van der Waals surface area contributed by atoms with Crippen molar-refractivity contribution in [1.82, 2.24) is 9.62 Å². The molecule has 1 N–H and O–H groups in total. The summed E-state index contributed by atoms with van der Waals surface area (Å²) in [5, 5.41) is 0. The molecule has 7 heteroatoms. The summed E-state index contributed by atoms with van der Waals surface area (Å²) >= 11 is 0. The smallest absolute Gasteiger partial charge is 0.253 e. The normalized spacial score (nSPS) is 11.4. The zero-order valence-corrected chi connectivity index (χ0v) is 16.2. The molecule has 0 bridgehead atoms. The summed E-state index contributed by atoms with van der Waals surface area (Å²) in [6.07, 6.45) is 0. The summed E-state index contributed by atoms with van der Waals surface area (Å²) in [5.41, 5.74) is 1.28. The minimum atomic E-state index is -3.79. The molecule has 0 radical (unpaired) electrons. The van der Waals surface area contributed by atoms with Gasteiger partial charge in [0, 0.05) is 25.2 Å². The number of rotatable bonds is 7. The van der Waals surface area contributed by atoms with Gasteiger partial charge in [-0.2, -0.15) is 0 Å². The number of benzene rings is 2. The van der Waals surface area contributed by atoms with Crippen molar-refractivity contribution in [2.75, 3.05) is 14.2 Å². The second-order valence-corrected chi connectivity index (χ2v) is 7.97. The highest BCUT2D eigenvalue weighted by Gasteiger charge is 2.23. The van der Waals surface area contributed by atoms with Crippen LogP contribution in [0.2, 0.25) is 0 Å². The molecular formula is C19H24N2O4S. The minimum absolute atomic E-state index is 0.0485. The van der Waals surface area contributed by atoms with Gasteiger partial charge in [0.15, 0.2) is 0 Å². The highest BCUT2D eigenvalue weighted by Crippen LogP contribution is 2.25. The van der Waals surface area contributed by atoms with Gasteiger partial charge in [-0.05, 0) is 37.6 Å². The molecule has 0 fully saturated rings. The summed E-state index contributed by atoms with van der Waals surface area (Å²) in [7, 11) is -0.712. The monoisotopic (exact) mass is 376 g/mol. The molecule has 0 saturated heterocycles. The summed E-state index contributed by atoms with van der Waals surface area (Å²) < 4.78 is 32.8. The Labute approximate surface area is 154 Å². The summed E-state index contributed by atoms with van der Waals surface area (Å²) in [6, 6.07) is 13.7. The average Bonchev–Trinajstić information content (AvgIpc) is 2.60. The maximum Gasteiger partial charge on any atom is 0.253 e. The van der Waals surface area contributed by atoms with Gasteiger partial charge in [-0.3, -0.25) is 4.79 Å². The van der Waals surface area contributed by atoms with Crippen molar-refractivity contribution in [3.05, 3.63) is 59.7 Å². The molecular weight excluding hydrogens is 352 g/mol. The first kappa shape index (κ1) is 19.9. The molecule has 1 amide bonds. The molecule has 0 heterocycles. The SMILES string of the molecule is COc1ccc(C(=O)N(C)Cc2ccccc2)cc1S(=O)(=O)NC(C)C. The van der Waals surface area contributed by atoms with E-state index in [-0.39, 0.29) is 28.2 Å². The van der Waals surface area contributed by atoms with Crippen LogP contribution in [0.25, 0.3) is 0 Å². The molecule has 0 aromatic heterocycles. The van der Waals surface area contributed by atoms with Gasteiger partial charge in [-0.25, -0.2) is 13.1 Å². The third-order valence-corrected chi connectivity index (χ3v) is 5.38. The standard InChI is InChI=1S/C19H24N2O4S/c1-14(2)20-26(23,24)18-12-16(10-11-17(18)25-4)19(22)21(3)13-15-8-6-5-7-9-15/h5-12,14,20H,13H2,1-4H3. The number of methoxy groups -OCH3 is 1. The molecule has 0 unspecified atom stereocenters. The molecule has 6 nitrogen and oxygen atoms in total. The second-order valence-electron chi connectivity index (χ2n) is 6.29. The number of nitrogens with one attached hydrogen (secondary N) is 1. The molecule has 2 rings (SSSR count). The molecule has 140 valence electrons. The Hall–Kier alpha value is -2.38. The Morgan fingerprint density at radius 1 is 1.15 bits per heavy atom. The Morgan fingerprint density at radius 2 is 1.81 bits per heavy atom. The van der Waals surface area contributed by atoms with Crippen LogP contribution in [0.1, 0.15) is 29.8 Å². The molecule has 0 aliphatic rings. The quantitative estimate of drug-likeness (QED) is 0.806. The summed E-state index contributed by atoms with van der Waals surface area (Å²) in [4.78, 5) is 14.2. The van der Waals surface area contributed by atoms with Crippen LogP contribution >= 0.6 is 0 Å². The van der Waals surface area contributed by atoms with Crippen LogP contribution in [0.15, 0.2) is 53.4 Å². The fraction of sp³-hybridized carbons (Fsp3) is 0.316. The van der Waals surface area contributed by atoms with E-state index in [0.29, 0.717) is 6.54 Å². The number of amides is 1. The van der Waals surface area contributed by atoms with E-state index in [4.69, 9.17) is 4.74 Å². The number of sulfonamides is 1. The summed E-state index contributed by atoms with van der Waals surface area (Å²) in [5.74, 6) is -0.0714. The molecule has 2 aromatic rings. The van der Waals surface area contributed by atoms with Gasteiger partial charge in [0.25, 0.3) is 5.91 Å². The fourth-order valence-corrected chi connectivity index (χ4v) is 3.99. The van der Waals surface area contributed by atoms with Gasteiger partial charge in [0.05, 0.1) is 7.11 Å². The van der Waals surface area contributed by atoms with E-state index < -0.39 is 10.0 Å². The molecule has 0 aliphatic heterocycles. The second kappa shape index (κ2) is 8.33. The lowest BCUT2D eigenvalue weighted by atomic mass is 10.1. The topological polar surface area (TPSA) is 75.7 Å². The zero-order chi connectivity index (χ0) is 19.3. The van der Waals surface area contributed by atoms with Gasteiger partial charge in [0.2, 0.25) is 10.0 Å². The van der Waals surface area contributed by atoms with Gasteiger partial charge in [-0.15, -0.1) is 0 Å².